The minimum absolute atomic E-state index is 0.178. The van der Waals surface area contributed by atoms with Crippen LogP contribution >= 0.6 is 0 Å². The van der Waals surface area contributed by atoms with Crippen molar-refractivity contribution in [1.82, 2.24) is 9.44 Å². The molecule has 0 aliphatic heterocycles. The zero-order valence-electron chi connectivity index (χ0n) is 12.1. The first-order chi connectivity index (χ1) is 8.97. The van der Waals surface area contributed by atoms with Gasteiger partial charge in [-0.25, -0.2) is 0 Å². The summed E-state index contributed by atoms with van der Waals surface area (Å²) in [4.78, 5) is 22.2. The second-order valence-corrected chi connectivity index (χ2v) is 6.65. The van der Waals surface area contributed by atoms with Gasteiger partial charge in [0.1, 0.15) is 6.04 Å². The third-order valence-electron chi connectivity index (χ3n) is 1.98. The molecule has 0 radical (unpaired) electrons. The number of aliphatic carboxylic acids is 1. The lowest BCUT2D eigenvalue weighted by Crippen LogP contribution is -2.51. The van der Waals surface area contributed by atoms with Gasteiger partial charge in [-0.1, -0.05) is 0 Å². The zero-order valence-corrected chi connectivity index (χ0v) is 12.9. The Bertz CT molecular complexity index is 440. The van der Waals surface area contributed by atoms with E-state index in [-0.39, 0.29) is 19.4 Å². The molecule has 0 saturated carbocycles. The van der Waals surface area contributed by atoms with Crippen molar-refractivity contribution >= 4 is 22.1 Å². The summed E-state index contributed by atoms with van der Waals surface area (Å²) >= 11 is 0. The van der Waals surface area contributed by atoms with Crippen molar-refractivity contribution in [3.05, 3.63) is 0 Å². The predicted molar refractivity (Wildman–Crippen MR) is 72.2 cm³/mol. The molecule has 0 amide bonds. The molecule has 0 bridgehead atoms. The third-order valence-corrected chi connectivity index (χ3v) is 3.45. The van der Waals surface area contributed by atoms with Crippen LogP contribution in [0.4, 0.5) is 0 Å². The first-order valence-electron chi connectivity index (χ1n) is 6.16. The molecule has 0 unspecified atom stereocenters. The molecule has 0 heterocycles. The molecule has 0 aromatic rings. The van der Waals surface area contributed by atoms with Crippen molar-refractivity contribution in [2.24, 2.45) is 0 Å². The van der Waals surface area contributed by atoms with Crippen molar-refractivity contribution in [2.75, 3.05) is 6.61 Å². The van der Waals surface area contributed by atoms with E-state index in [2.05, 4.69) is 9.46 Å². The Kier molecular flexibility index (Phi) is 7.11. The quantitative estimate of drug-likeness (QED) is 0.543. The number of rotatable bonds is 8. The Morgan fingerprint density at radius 3 is 2.25 bits per heavy atom. The number of ether oxygens (including phenoxy) is 1. The lowest BCUT2D eigenvalue weighted by Gasteiger charge is -2.22. The van der Waals surface area contributed by atoms with E-state index in [1.807, 2.05) is 4.72 Å². The highest BCUT2D eigenvalue weighted by molar-refractivity contribution is 7.87. The smallest absolute Gasteiger partial charge is 0.321 e. The summed E-state index contributed by atoms with van der Waals surface area (Å²) in [6, 6.07) is -1.39. The van der Waals surface area contributed by atoms with Gasteiger partial charge >= 0.3 is 11.9 Å². The largest absolute Gasteiger partial charge is 0.480 e. The molecule has 1 atom stereocenters. The van der Waals surface area contributed by atoms with Crippen molar-refractivity contribution in [3.63, 3.8) is 0 Å². The van der Waals surface area contributed by atoms with Gasteiger partial charge in [-0.05, 0) is 34.1 Å². The Balaban J connectivity index is 4.63. The normalized spacial score (nSPS) is 13.8. The molecule has 9 heteroatoms. The van der Waals surface area contributed by atoms with Gasteiger partial charge in [0, 0.05) is 12.0 Å². The van der Waals surface area contributed by atoms with Crippen LogP contribution in [0.5, 0.6) is 0 Å². The molecule has 0 spiro atoms. The van der Waals surface area contributed by atoms with Crippen LogP contribution in [0.25, 0.3) is 0 Å². The van der Waals surface area contributed by atoms with E-state index in [1.165, 1.54) is 0 Å². The van der Waals surface area contributed by atoms with E-state index < -0.39 is 33.7 Å². The Labute approximate surface area is 119 Å². The summed E-state index contributed by atoms with van der Waals surface area (Å²) in [5, 5.41) is 8.97. The Hall–Kier alpha value is -1.19. The third kappa shape index (κ3) is 8.83. The number of hydrogen-bond acceptors (Lipinski definition) is 5. The van der Waals surface area contributed by atoms with Gasteiger partial charge < -0.3 is 9.84 Å². The number of carbonyl (C=O) groups excluding carboxylic acids is 1. The molecular weight excluding hydrogens is 288 g/mol. The number of hydrogen-bond donors (Lipinski definition) is 3. The number of carboxylic acids is 1. The first-order valence-corrected chi connectivity index (χ1v) is 7.65. The fourth-order valence-corrected chi connectivity index (χ4v) is 2.81. The van der Waals surface area contributed by atoms with Crippen molar-refractivity contribution in [2.45, 2.75) is 52.1 Å². The van der Waals surface area contributed by atoms with Gasteiger partial charge in [0.15, 0.2) is 0 Å². The van der Waals surface area contributed by atoms with Gasteiger partial charge in [-0.3, -0.25) is 9.59 Å². The summed E-state index contributed by atoms with van der Waals surface area (Å²) in [7, 11) is -3.98. The lowest BCUT2D eigenvalue weighted by molar-refractivity contribution is -0.144. The van der Waals surface area contributed by atoms with Gasteiger partial charge in [-0.15, -0.1) is 0 Å². The van der Waals surface area contributed by atoms with E-state index in [4.69, 9.17) is 5.11 Å². The summed E-state index contributed by atoms with van der Waals surface area (Å²) in [5.74, 6) is -1.92. The molecule has 8 nitrogen and oxygen atoms in total. The molecule has 20 heavy (non-hydrogen) atoms. The van der Waals surface area contributed by atoms with Gasteiger partial charge in [-0.2, -0.15) is 17.9 Å². The predicted octanol–water partition coefficient (Wildman–Crippen LogP) is 0.00540. The molecule has 0 rings (SSSR count). The van der Waals surface area contributed by atoms with Crippen molar-refractivity contribution < 1.29 is 27.9 Å². The van der Waals surface area contributed by atoms with Crippen LogP contribution in [-0.2, 0) is 24.5 Å². The van der Waals surface area contributed by atoms with Gasteiger partial charge in [0.25, 0.3) is 10.2 Å². The number of carboxylic acid groups (broad SMARTS) is 1. The lowest BCUT2D eigenvalue weighted by atomic mass is 10.1. The molecule has 0 saturated heterocycles. The molecule has 3 N–H and O–H groups in total. The van der Waals surface area contributed by atoms with Gasteiger partial charge in [0.05, 0.1) is 6.61 Å². The van der Waals surface area contributed by atoms with Crippen LogP contribution in [0.2, 0.25) is 0 Å². The maximum atomic E-state index is 11.7. The van der Waals surface area contributed by atoms with Crippen LogP contribution < -0.4 is 9.44 Å². The molecule has 118 valence electrons. The summed E-state index contributed by atoms with van der Waals surface area (Å²) in [6.45, 7) is 6.69. The standard InChI is InChI=1S/C11H22N2O6S/c1-5-19-9(14)7-6-8(10(15)16)12-20(17,18)13-11(2,3)4/h8,12-13H,5-7H2,1-4H3,(H,15,16)/t8-/m0/s1. The minimum Gasteiger partial charge on any atom is -0.480 e. The number of nitrogens with one attached hydrogen (secondary N) is 2. The average Bonchev–Trinajstić information content (AvgIpc) is 2.20. The average molecular weight is 310 g/mol. The fraction of sp³-hybridized carbons (Fsp3) is 0.818. The monoisotopic (exact) mass is 310 g/mol. The number of esters is 1. The van der Waals surface area contributed by atoms with Crippen LogP contribution in [0, 0.1) is 0 Å². The fourth-order valence-electron chi connectivity index (χ4n) is 1.35. The van der Waals surface area contributed by atoms with E-state index in [0.29, 0.717) is 0 Å². The summed E-state index contributed by atoms with van der Waals surface area (Å²) < 4.78 is 32.4. The molecule has 0 aliphatic rings. The SMILES string of the molecule is CCOC(=O)CC[C@H](NS(=O)(=O)NC(C)(C)C)C(=O)O. The highest BCUT2D eigenvalue weighted by Gasteiger charge is 2.27. The molecule has 0 aliphatic carbocycles. The van der Waals surface area contributed by atoms with Crippen LogP contribution in [0.15, 0.2) is 0 Å². The molecule has 0 fully saturated rings. The number of carbonyl (C=O) groups is 2. The second kappa shape index (κ2) is 7.55. The van der Waals surface area contributed by atoms with Crippen molar-refractivity contribution in [1.29, 1.82) is 0 Å². The highest BCUT2D eigenvalue weighted by atomic mass is 32.2. The maximum Gasteiger partial charge on any atom is 0.321 e. The maximum absolute atomic E-state index is 11.7. The molecule has 0 aromatic heterocycles. The van der Waals surface area contributed by atoms with E-state index in [1.54, 1.807) is 27.7 Å². The van der Waals surface area contributed by atoms with Crippen LogP contribution in [0.3, 0.4) is 0 Å². The molecule has 0 aromatic carbocycles. The summed E-state index contributed by atoms with van der Waals surface area (Å²) in [5.41, 5.74) is -0.740. The van der Waals surface area contributed by atoms with Crippen LogP contribution in [0.1, 0.15) is 40.5 Å². The summed E-state index contributed by atoms with van der Waals surface area (Å²) in [6.07, 6.45) is -0.359. The zero-order chi connectivity index (χ0) is 16.0. The minimum atomic E-state index is -3.98. The van der Waals surface area contributed by atoms with Gasteiger partial charge in [0.2, 0.25) is 0 Å². The highest BCUT2D eigenvalue weighted by Crippen LogP contribution is 2.05. The second-order valence-electron chi connectivity index (χ2n) is 5.21. The van der Waals surface area contributed by atoms with E-state index in [0.717, 1.165) is 0 Å². The van der Waals surface area contributed by atoms with Crippen LogP contribution in [-0.4, -0.2) is 43.7 Å². The van der Waals surface area contributed by atoms with Crippen molar-refractivity contribution in [3.8, 4) is 0 Å². The molecular formula is C11H22N2O6S. The Morgan fingerprint density at radius 1 is 1.30 bits per heavy atom. The van der Waals surface area contributed by atoms with E-state index in [9.17, 15) is 18.0 Å². The first kappa shape index (κ1) is 18.8. The van der Waals surface area contributed by atoms with E-state index >= 15 is 0 Å². The Morgan fingerprint density at radius 2 is 1.85 bits per heavy atom. The topological polar surface area (TPSA) is 122 Å².